The smallest absolute Gasteiger partial charge is 0.416 e. The van der Waals surface area contributed by atoms with Gasteiger partial charge in [0.25, 0.3) is 11.8 Å². The Bertz CT molecular complexity index is 1010. The van der Waals surface area contributed by atoms with Crippen LogP contribution in [0.3, 0.4) is 0 Å². The van der Waals surface area contributed by atoms with Crippen LogP contribution in [0.2, 0.25) is 0 Å². The first-order chi connectivity index (χ1) is 18.2. The SMILES string of the molecule is COC[C@]1(C)OC2C=C(C(F)(F)F)C(C(=O)N(C(C)C)[C@@H]3CCCNC3)=CC2(C)N(CCNC(=O)OC)C1=O. The van der Waals surface area contributed by atoms with Crippen molar-refractivity contribution in [3.05, 3.63) is 23.3 Å². The Kier molecular flexibility index (Phi) is 9.39. The number of nitrogens with one attached hydrogen (secondary N) is 2. The van der Waals surface area contributed by atoms with Crippen molar-refractivity contribution >= 4 is 17.9 Å². The van der Waals surface area contributed by atoms with Crippen LogP contribution in [0.15, 0.2) is 23.3 Å². The number of alkyl carbamates (subject to hydrolysis) is 1. The van der Waals surface area contributed by atoms with E-state index in [1.165, 1.54) is 37.0 Å². The molecule has 39 heavy (non-hydrogen) atoms. The fraction of sp³-hybridized carbons (Fsp3) is 0.731. The maximum Gasteiger partial charge on any atom is 0.416 e. The number of hydrogen-bond acceptors (Lipinski definition) is 7. The van der Waals surface area contributed by atoms with Gasteiger partial charge in [0.05, 0.1) is 24.8 Å². The molecule has 10 nitrogen and oxygen atoms in total. The van der Waals surface area contributed by atoms with Gasteiger partial charge in [-0.15, -0.1) is 0 Å². The molecule has 0 radical (unpaired) electrons. The van der Waals surface area contributed by atoms with Crippen molar-refractivity contribution in [2.45, 2.75) is 76.0 Å². The lowest BCUT2D eigenvalue weighted by Gasteiger charge is -2.54. The third-order valence-electron chi connectivity index (χ3n) is 7.49. The molecule has 3 aliphatic rings. The average Bonchev–Trinajstić information content (AvgIpc) is 2.86. The van der Waals surface area contributed by atoms with E-state index in [4.69, 9.17) is 9.47 Å². The molecule has 2 saturated heterocycles. The summed E-state index contributed by atoms with van der Waals surface area (Å²) in [6.45, 7) is 7.47. The quantitative estimate of drug-likeness (QED) is 0.468. The number of nitrogens with zero attached hydrogens (tertiary/aromatic N) is 2. The summed E-state index contributed by atoms with van der Waals surface area (Å²) in [6.07, 6.45) is -3.26. The molecular formula is C26H39F3N4O6. The van der Waals surface area contributed by atoms with Crippen molar-refractivity contribution in [2.24, 2.45) is 0 Å². The normalized spacial score (nSPS) is 29.4. The van der Waals surface area contributed by atoms with Crippen LogP contribution < -0.4 is 10.6 Å². The molecule has 0 aromatic carbocycles. The number of halogens is 3. The molecule has 2 heterocycles. The van der Waals surface area contributed by atoms with Gasteiger partial charge in [-0.25, -0.2) is 4.79 Å². The molecule has 2 fully saturated rings. The lowest BCUT2D eigenvalue weighted by atomic mass is 9.78. The first kappa shape index (κ1) is 30.9. The zero-order chi connectivity index (χ0) is 29.2. The predicted molar refractivity (Wildman–Crippen MR) is 136 cm³/mol. The van der Waals surface area contributed by atoms with E-state index in [1.54, 1.807) is 20.8 Å². The molecule has 0 aromatic rings. The summed E-state index contributed by atoms with van der Waals surface area (Å²) < 4.78 is 59.2. The first-order valence-electron chi connectivity index (χ1n) is 13.1. The van der Waals surface area contributed by atoms with E-state index >= 15 is 0 Å². The molecular weight excluding hydrogens is 521 g/mol. The number of alkyl halides is 3. The number of ether oxygens (including phenoxy) is 3. The molecule has 2 unspecified atom stereocenters. The van der Waals surface area contributed by atoms with E-state index in [1.807, 2.05) is 0 Å². The van der Waals surface area contributed by atoms with Gasteiger partial charge in [-0.3, -0.25) is 9.59 Å². The van der Waals surface area contributed by atoms with E-state index in [0.717, 1.165) is 19.0 Å². The van der Waals surface area contributed by atoms with Crippen molar-refractivity contribution in [2.75, 3.05) is 47.0 Å². The van der Waals surface area contributed by atoms with Crippen LogP contribution in [0.4, 0.5) is 18.0 Å². The summed E-state index contributed by atoms with van der Waals surface area (Å²) in [5.74, 6) is -1.30. The number of piperidine rings is 1. The zero-order valence-corrected chi connectivity index (χ0v) is 23.3. The highest BCUT2D eigenvalue weighted by Crippen LogP contribution is 2.45. The average molecular weight is 561 g/mol. The minimum absolute atomic E-state index is 0.0391. The van der Waals surface area contributed by atoms with Gasteiger partial charge in [0, 0.05) is 44.4 Å². The van der Waals surface area contributed by atoms with E-state index < -0.39 is 52.5 Å². The Labute approximate surface area is 226 Å². The Morgan fingerprint density at radius 3 is 2.54 bits per heavy atom. The first-order valence-corrected chi connectivity index (χ1v) is 13.1. The largest absolute Gasteiger partial charge is 0.453 e. The second kappa shape index (κ2) is 11.8. The van der Waals surface area contributed by atoms with E-state index in [0.29, 0.717) is 13.0 Å². The molecule has 3 rings (SSSR count). The predicted octanol–water partition coefficient (Wildman–Crippen LogP) is 2.15. The number of hydrogen-bond donors (Lipinski definition) is 2. The topological polar surface area (TPSA) is 109 Å². The molecule has 1 aliphatic carbocycles. The van der Waals surface area contributed by atoms with E-state index in [2.05, 4.69) is 15.4 Å². The van der Waals surface area contributed by atoms with Crippen LogP contribution in [0, 0.1) is 0 Å². The van der Waals surface area contributed by atoms with Crippen LogP contribution in [0.1, 0.15) is 40.5 Å². The van der Waals surface area contributed by atoms with Crippen molar-refractivity contribution in [1.82, 2.24) is 20.4 Å². The summed E-state index contributed by atoms with van der Waals surface area (Å²) in [6, 6.07) is -0.639. The number of morpholine rings is 1. The Hall–Kier alpha value is -2.64. The maximum atomic E-state index is 14.5. The van der Waals surface area contributed by atoms with Crippen LogP contribution in [-0.4, -0.2) is 110 Å². The Morgan fingerprint density at radius 1 is 1.31 bits per heavy atom. The van der Waals surface area contributed by atoms with E-state index in [-0.39, 0.29) is 31.8 Å². The van der Waals surface area contributed by atoms with Gasteiger partial charge in [0.2, 0.25) is 0 Å². The fourth-order valence-electron chi connectivity index (χ4n) is 5.59. The molecule has 220 valence electrons. The monoisotopic (exact) mass is 560 g/mol. The van der Waals surface area contributed by atoms with Crippen LogP contribution in [0.5, 0.6) is 0 Å². The van der Waals surface area contributed by atoms with Gasteiger partial charge in [-0.2, -0.15) is 13.2 Å². The number of fused-ring (bicyclic) bond motifs is 1. The van der Waals surface area contributed by atoms with Crippen LogP contribution >= 0.6 is 0 Å². The molecule has 4 atom stereocenters. The molecule has 0 saturated carbocycles. The number of carbonyl (C=O) groups is 3. The van der Waals surface area contributed by atoms with Gasteiger partial charge in [-0.1, -0.05) is 0 Å². The Balaban J connectivity index is 2.11. The molecule has 0 bridgehead atoms. The van der Waals surface area contributed by atoms with Gasteiger partial charge in [0.15, 0.2) is 5.60 Å². The maximum absolute atomic E-state index is 14.5. The number of amides is 3. The van der Waals surface area contributed by atoms with Gasteiger partial charge >= 0.3 is 12.3 Å². The van der Waals surface area contributed by atoms with Crippen molar-refractivity contribution in [3.63, 3.8) is 0 Å². The Morgan fingerprint density at radius 2 is 2.00 bits per heavy atom. The molecule has 2 aliphatic heterocycles. The van der Waals surface area contributed by atoms with Gasteiger partial charge < -0.3 is 34.6 Å². The minimum atomic E-state index is -4.85. The summed E-state index contributed by atoms with van der Waals surface area (Å²) in [5.41, 5.74) is -4.69. The lowest BCUT2D eigenvalue weighted by molar-refractivity contribution is -0.206. The highest BCUT2D eigenvalue weighted by molar-refractivity contribution is 6.00. The van der Waals surface area contributed by atoms with Gasteiger partial charge in [-0.05, 0) is 59.2 Å². The number of carbonyl (C=O) groups excluding carboxylic acids is 3. The summed E-state index contributed by atoms with van der Waals surface area (Å²) in [5, 5.41) is 5.70. The second-order valence-electron chi connectivity index (χ2n) is 10.7. The van der Waals surface area contributed by atoms with Crippen LogP contribution in [0.25, 0.3) is 0 Å². The summed E-state index contributed by atoms with van der Waals surface area (Å²) in [7, 11) is 2.55. The molecule has 0 spiro atoms. The fourth-order valence-corrected chi connectivity index (χ4v) is 5.59. The second-order valence-corrected chi connectivity index (χ2v) is 10.7. The standard InChI is InChI=1S/C26H39F3N4O6/c1-16(2)33(17-8-7-9-30-14-17)21(34)18-13-24(3)20(12-19(18)26(27,28)29)39-25(4,15-37-5)22(35)32(24)11-10-31-23(36)38-6/h12-13,16-17,20,30H,7-11,14-15H2,1-6H3,(H,31,36)/t17-,20?,24?,25+/m1/s1. The highest BCUT2D eigenvalue weighted by Gasteiger charge is 2.58. The van der Waals surface area contributed by atoms with Crippen LogP contribution in [-0.2, 0) is 23.8 Å². The summed E-state index contributed by atoms with van der Waals surface area (Å²) >= 11 is 0. The summed E-state index contributed by atoms with van der Waals surface area (Å²) in [4.78, 5) is 42.1. The van der Waals surface area contributed by atoms with Gasteiger partial charge in [0.1, 0.15) is 6.10 Å². The molecule has 3 amide bonds. The highest BCUT2D eigenvalue weighted by atomic mass is 19.4. The number of methoxy groups -OCH3 is 2. The van der Waals surface area contributed by atoms with Crippen molar-refractivity contribution in [3.8, 4) is 0 Å². The third kappa shape index (κ3) is 6.25. The number of rotatable bonds is 8. The third-order valence-corrected chi connectivity index (χ3v) is 7.49. The molecule has 0 aromatic heterocycles. The zero-order valence-electron chi connectivity index (χ0n) is 23.3. The van der Waals surface area contributed by atoms with Crippen molar-refractivity contribution < 1.29 is 41.8 Å². The van der Waals surface area contributed by atoms with Crippen molar-refractivity contribution in [1.29, 1.82) is 0 Å². The van der Waals surface area contributed by atoms with E-state index in [9.17, 15) is 27.6 Å². The molecule has 2 N–H and O–H groups in total. The molecule has 13 heteroatoms. The minimum Gasteiger partial charge on any atom is -0.453 e. The lowest BCUT2D eigenvalue weighted by Crippen LogP contribution is -2.71.